The highest BCUT2D eigenvalue weighted by molar-refractivity contribution is 7.73. The molecule has 0 saturated heterocycles. The minimum absolute atomic E-state index is 0.182. The van der Waals surface area contributed by atoms with Gasteiger partial charge in [0.2, 0.25) is 16.8 Å². The second-order valence-corrected chi connectivity index (χ2v) is 6.41. The SMILES string of the molecule is CC(NC(=O)COc1ccccc1)C(=O)NCc1ccc(N[SH](=O)=O)cc1. The van der Waals surface area contributed by atoms with Crippen molar-refractivity contribution in [2.45, 2.75) is 19.5 Å². The third-order valence-electron chi connectivity index (χ3n) is 3.52. The van der Waals surface area contributed by atoms with Crippen LogP contribution in [0, 0.1) is 0 Å². The highest BCUT2D eigenvalue weighted by Gasteiger charge is 2.15. The zero-order valence-electron chi connectivity index (χ0n) is 14.7. The summed E-state index contributed by atoms with van der Waals surface area (Å²) in [6.45, 7) is 1.65. The van der Waals surface area contributed by atoms with Gasteiger partial charge < -0.3 is 15.4 Å². The Hall–Kier alpha value is -3.07. The van der Waals surface area contributed by atoms with E-state index in [0.29, 0.717) is 11.4 Å². The monoisotopic (exact) mass is 391 g/mol. The zero-order valence-corrected chi connectivity index (χ0v) is 15.6. The molecule has 9 heteroatoms. The molecule has 0 fully saturated rings. The fourth-order valence-corrected chi connectivity index (χ4v) is 2.52. The molecule has 0 aliphatic heterocycles. The molecule has 144 valence electrons. The summed E-state index contributed by atoms with van der Waals surface area (Å²) in [5.74, 6) is -0.166. The van der Waals surface area contributed by atoms with Crippen LogP contribution in [-0.4, -0.2) is 32.9 Å². The van der Waals surface area contributed by atoms with Crippen molar-refractivity contribution in [2.75, 3.05) is 11.3 Å². The van der Waals surface area contributed by atoms with Gasteiger partial charge in [-0.3, -0.25) is 14.3 Å². The van der Waals surface area contributed by atoms with E-state index in [1.165, 1.54) is 0 Å². The lowest BCUT2D eigenvalue weighted by Gasteiger charge is -2.14. The van der Waals surface area contributed by atoms with Gasteiger partial charge in [0.25, 0.3) is 5.91 Å². The molecule has 2 amide bonds. The second kappa shape index (κ2) is 10.2. The largest absolute Gasteiger partial charge is 0.484 e. The van der Waals surface area contributed by atoms with E-state index in [-0.39, 0.29) is 19.1 Å². The second-order valence-electron chi connectivity index (χ2n) is 5.67. The summed E-state index contributed by atoms with van der Waals surface area (Å²) in [5, 5.41) is 5.27. The van der Waals surface area contributed by atoms with Gasteiger partial charge in [0.1, 0.15) is 11.8 Å². The lowest BCUT2D eigenvalue weighted by atomic mass is 10.2. The molecular formula is C18H21N3O5S. The first-order valence-corrected chi connectivity index (χ1v) is 9.36. The average Bonchev–Trinajstić information content (AvgIpc) is 2.66. The van der Waals surface area contributed by atoms with Crippen molar-refractivity contribution < 1.29 is 22.7 Å². The number of carbonyl (C=O) groups is 2. The molecule has 3 N–H and O–H groups in total. The number of para-hydroxylation sites is 1. The smallest absolute Gasteiger partial charge is 0.258 e. The summed E-state index contributed by atoms with van der Waals surface area (Å²) < 4.78 is 28.8. The van der Waals surface area contributed by atoms with Crippen molar-refractivity contribution in [1.29, 1.82) is 0 Å². The fourth-order valence-electron chi connectivity index (χ4n) is 2.16. The van der Waals surface area contributed by atoms with Crippen LogP contribution in [0.25, 0.3) is 0 Å². The molecule has 2 rings (SSSR count). The van der Waals surface area contributed by atoms with Crippen LogP contribution in [0.5, 0.6) is 5.75 Å². The lowest BCUT2D eigenvalue weighted by Crippen LogP contribution is -2.46. The molecule has 1 unspecified atom stereocenters. The molecule has 27 heavy (non-hydrogen) atoms. The third-order valence-corrected chi connectivity index (χ3v) is 3.97. The van der Waals surface area contributed by atoms with Gasteiger partial charge in [0.15, 0.2) is 6.61 Å². The van der Waals surface area contributed by atoms with E-state index in [1.807, 2.05) is 6.07 Å². The van der Waals surface area contributed by atoms with Crippen molar-refractivity contribution in [1.82, 2.24) is 10.6 Å². The summed E-state index contributed by atoms with van der Waals surface area (Å²) in [4.78, 5) is 23.9. The van der Waals surface area contributed by atoms with E-state index in [1.54, 1.807) is 55.5 Å². The standard InChI is InChI=1S/C18H21N3O5S/c1-13(20-17(22)12-26-16-5-3-2-4-6-16)18(23)19-11-14-7-9-15(10-8-14)21-27(24)25/h2-10,13,27H,11-12H2,1H3,(H,19,23)(H,20,22)(H,21,24,25). The summed E-state index contributed by atoms with van der Waals surface area (Å²) in [7, 11) is -2.71. The predicted molar refractivity (Wildman–Crippen MR) is 102 cm³/mol. The number of amides is 2. The fraction of sp³-hybridized carbons (Fsp3) is 0.222. The Balaban J connectivity index is 1.73. The van der Waals surface area contributed by atoms with Gasteiger partial charge in [0.05, 0.1) is 0 Å². The van der Waals surface area contributed by atoms with Gasteiger partial charge in [-0.2, -0.15) is 0 Å². The van der Waals surface area contributed by atoms with Crippen LogP contribution < -0.4 is 20.1 Å². The molecule has 8 nitrogen and oxygen atoms in total. The lowest BCUT2D eigenvalue weighted by molar-refractivity contribution is -0.129. The van der Waals surface area contributed by atoms with Gasteiger partial charge in [-0.25, -0.2) is 8.42 Å². The first kappa shape index (κ1) is 20.2. The topological polar surface area (TPSA) is 114 Å². The van der Waals surface area contributed by atoms with E-state index in [0.717, 1.165) is 5.56 Å². The number of thiol groups is 1. The van der Waals surface area contributed by atoms with Crippen LogP contribution in [0.15, 0.2) is 54.6 Å². The molecule has 0 aromatic heterocycles. The van der Waals surface area contributed by atoms with Crippen molar-refractivity contribution in [3.63, 3.8) is 0 Å². The summed E-state index contributed by atoms with van der Waals surface area (Å²) >= 11 is 0. The van der Waals surface area contributed by atoms with Crippen LogP contribution in [-0.2, 0) is 27.0 Å². The molecular weight excluding hydrogens is 370 g/mol. The molecule has 2 aromatic rings. The van der Waals surface area contributed by atoms with Crippen LogP contribution in [0.4, 0.5) is 5.69 Å². The number of ether oxygens (including phenoxy) is 1. The average molecular weight is 391 g/mol. The molecule has 0 aliphatic rings. The molecule has 2 aromatic carbocycles. The van der Waals surface area contributed by atoms with Gasteiger partial charge in [-0.1, -0.05) is 30.3 Å². The number of anilines is 1. The van der Waals surface area contributed by atoms with E-state index in [9.17, 15) is 18.0 Å². The van der Waals surface area contributed by atoms with Crippen molar-refractivity contribution in [2.24, 2.45) is 0 Å². The quantitative estimate of drug-likeness (QED) is 0.473. The van der Waals surface area contributed by atoms with Crippen LogP contribution in [0.1, 0.15) is 12.5 Å². The Bertz CT molecular complexity index is 830. The number of carbonyl (C=O) groups excluding carboxylic acids is 2. The maximum Gasteiger partial charge on any atom is 0.258 e. The Labute approximate surface area is 159 Å². The van der Waals surface area contributed by atoms with Gasteiger partial charge in [-0.15, -0.1) is 0 Å². The number of nitrogens with one attached hydrogen (secondary N) is 3. The number of hydrogen-bond donors (Lipinski definition) is 4. The molecule has 0 radical (unpaired) electrons. The summed E-state index contributed by atoms with van der Waals surface area (Å²) in [6.07, 6.45) is 0. The Morgan fingerprint density at radius 1 is 1.04 bits per heavy atom. The highest BCUT2D eigenvalue weighted by atomic mass is 32.2. The van der Waals surface area contributed by atoms with Crippen LogP contribution in [0.3, 0.4) is 0 Å². The molecule has 1 atom stereocenters. The Morgan fingerprint density at radius 2 is 1.70 bits per heavy atom. The van der Waals surface area contributed by atoms with E-state index < -0.39 is 22.8 Å². The maximum atomic E-state index is 12.1. The van der Waals surface area contributed by atoms with E-state index >= 15 is 0 Å². The molecule has 0 saturated carbocycles. The van der Waals surface area contributed by atoms with Crippen molar-refractivity contribution in [3.8, 4) is 5.75 Å². The number of benzene rings is 2. The first-order valence-electron chi connectivity index (χ1n) is 8.19. The number of hydrogen-bond acceptors (Lipinski definition) is 5. The minimum atomic E-state index is -2.71. The third kappa shape index (κ3) is 7.37. The Kier molecular flexibility index (Phi) is 7.63. The van der Waals surface area contributed by atoms with Crippen molar-refractivity contribution >= 4 is 28.4 Å². The van der Waals surface area contributed by atoms with Crippen LogP contribution >= 0.6 is 0 Å². The van der Waals surface area contributed by atoms with Gasteiger partial charge in [-0.05, 0) is 36.8 Å². The highest BCUT2D eigenvalue weighted by Crippen LogP contribution is 2.09. The summed E-state index contributed by atoms with van der Waals surface area (Å²) in [5.41, 5.74) is 1.24. The Morgan fingerprint density at radius 3 is 2.33 bits per heavy atom. The van der Waals surface area contributed by atoms with Crippen LogP contribution in [0.2, 0.25) is 0 Å². The normalized spacial score (nSPS) is 11.5. The van der Waals surface area contributed by atoms with E-state index in [2.05, 4.69) is 15.4 Å². The number of rotatable bonds is 9. The van der Waals surface area contributed by atoms with Gasteiger partial charge in [0, 0.05) is 12.2 Å². The van der Waals surface area contributed by atoms with E-state index in [4.69, 9.17) is 4.74 Å². The van der Waals surface area contributed by atoms with Crippen molar-refractivity contribution in [3.05, 3.63) is 60.2 Å². The molecule has 0 aliphatic carbocycles. The maximum absolute atomic E-state index is 12.1. The zero-order chi connectivity index (χ0) is 19.6. The molecule has 0 bridgehead atoms. The molecule has 0 heterocycles. The predicted octanol–water partition coefficient (Wildman–Crippen LogP) is 0.825. The minimum Gasteiger partial charge on any atom is -0.484 e. The van der Waals surface area contributed by atoms with Gasteiger partial charge >= 0.3 is 0 Å². The first-order chi connectivity index (χ1) is 12.9. The summed E-state index contributed by atoms with van der Waals surface area (Å²) in [6, 6.07) is 14.8. The molecule has 0 spiro atoms.